The Morgan fingerprint density at radius 1 is 1.25 bits per heavy atom. The van der Waals surface area contributed by atoms with Gasteiger partial charge in [-0.15, -0.1) is 0 Å². The van der Waals surface area contributed by atoms with Crippen LogP contribution in [0.3, 0.4) is 0 Å². The van der Waals surface area contributed by atoms with E-state index in [4.69, 9.17) is 11.6 Å². The van der Waals surface area contributed by atoms with Gasteiger partial charge in [-0.05, 0) is 38.0 Å². The number of halogens is 2. The molecule has 24 heavy (non-hydrogen) atoms. The van der Waals surface area contributed by atoms with E-state index in [-0.39, 0.29) is 22.9 Å². The molecule has 0 spiro atoms. The number of nitrogens with zero attached hydrogens (tertiary/aromatic N) is 2. The van der Waals surface area contributed by atoms with Crippen LogP contribution >= 0.6 is 11.6 Å². The molecular formula is C17H21ClFN3O2. The molecule has 1 saturated heterocycles. The van der Waals surface area contributed by atoms with E-state index in [1.807, 2.05) is 6.92 Å². The lowest BCUT2D eigenvalue weighted by Gasteiger charge is -2.37. The summed E-state index contributed by atoms with van der Waals surface area (Å²) in [7, 11) is 0. The van der Waals surface area contributed by atoms with Crippen LogP contribution in [-0.4, -0.2) is 59.9 Å². The van der Waals surface area contributed by atoms with E-state index in [2.05, 4.69) is 10.2 Å². The summed E-state index contributed by atoms with van der Waals surface area (Å²) in [5.74, 6) is -0.606. The van der Waals surface area contributed by atoms with Crippen molar-refractivity contribution in [3.63, 3.8) is 0 Å². The molecule has 1 atom stereocenters. The third-order valence-electron chi connectivity index (χ3n) is 4.61. The van der Waals surface area contributed by atoms with Crippen LogP contribution in [-0.2, 0) is 4.79 Å². The highest BCUT2D eigenvalue weighted by atomic mass is 35.5. The molecule has 2 amide bonds. The lowest BCUT2D eigenvalue weighted by Crippen LogP contribution is -2.55. The summed E-state index contributed by atoms with van der Waals surface area (Å²) in [6.07, 6.45) is 2.14. The average Bonchev–Trinajstić information content (AvgIpc) is 3.37. The van der Waals surface area contributed by atoms with Crippen LogP contribution in [0.5, 0.6) is 0 Å². The highest BCUT2D eigenvalue weighted by Crippen LogP contribution is 2.21. The third kappa shape index (κ3) is 3.87. The molecule has 130 valence electrons. The van der Waals surface area contributed by atoms with Crippen molar-refractivity contribution in [2.45, 2.75) is 31.8 Å². The Bertz CT molecular complexity index is 643. The Hall–Kier alpha value is -1.66. The Kier molecular flexibility index (Phi) is 5.06. The van der Waals surface area contributed by atoms with Gasteiger partial charge in [0, 0.05) is 32.2 Å². The van der Waals surface area contributed by atoms with Crippen molar-refractivity contribution in [2.24, 2.45) is 0 Å². The minimum Gasteiger partial charge on any atom is -0.352 e. The van der Waals surface area contributed by atoms with Crippen molar-refractivity contribution in [1.82, 2.24) is 15.1 Å². The largest absolute Gasteiger partial charge is 0.352 e. The van der Waals surface area contributed by atoms with E-state index in [0.29, 0.717) is 37.8 Å². The smallest absolute Gasteiger partial charge is 0.255 e. The fraction of sp³-hybridized carbons (Fsp3) is 0.529. The first-order valence-electron chi connectivity index (χ1n) is 8.24. The Balaban J connectivity index is 1.56. The summed E-state index contributed by atoms with van der Waals surface area (Å²) < 4.78 is 13.1. The first-order chi connectivity index (χ1) is 11.5. The molecule has 0 aromatic heterocycles. The van der Waals surface area contributed by atoms with Gasteiger partial charge in [0.1, 0.15) is 5.82 Å². The predicted octanol–water partition coefficient (Wildman–Crippen LogP) is 1.90. The predicted molar refractivity (Wildman–Crippen MR) is 89.5 cm³/mol. The molecule has 1 N–H and O–H groups in total. The molecule has 1 unspecified atom stereocenters. The molecule has 1 aliphatic heterocycles. The Morgan fingerprint density at radius 3 is 2.50 bits per heavy atom. The van der Waals surface area contributed by atoms with Crippen molar-refractivity contribution in [3.8, 4) is 0 Å². The van der Waals surface area contributed by atoms with Crippen molar-refractivity contribution in [3.05, 3.63) is 34.6 Å². The maximum absolute atomic E-state index is 13.1. The van der Waals surface area contributed by atoms with Crippen molar-refractivity contribution >= 4 is 23.4 Å². The highest BCUT2D eigenvalue weighted by Gasteiger charge is 2.31. The molecule has 0 radical (unpaired) electrons. The van der Waals surface area contributed by atoms with Crippen molar-refractivity contribution in [2.75, 3.05) is 26.2 Å². The van der Waals surface area contributed by atoms with Crippen LogP contribution in [0, 0.1) is 5.82 Å². The van der Waals surface area contributed by atoms with Gasteiger partial charge in [0.05, 0.1) is 16.6 Å². The Morgan fingerprint density at radius 2 is 1.92 bits per heavy atom. The zero-order valence-corrected chi connectivity index (χ0v) is 14.4. The van der Waals surface area contributed by atoms with Crippen LogP contribution in [0.2, 0.25) is 5.02 Å². The fourth-order valence-electron chi connectivity index (χ4n) is 2.86. The van der Waals surface area contributed by atoms with E-state index >= 15 is 0 Å². The zero-order valence-electron chi connectivity index (χ0n) is 13.6. The number of amides is 2. The number of rotatable bonds is 4. The quantitative estimate of drug-likeness (QED) is 0.899. The van der Waals surface area contributed by atoms with Gasteiger partial charge in [-0.3, -0.25) is 14.5 Å². The molecule has 0 bridgehead atoms. The van der Waals surface area contributed by atoms with E-state index < -0.39 is 5.82 Å². The monoisotopic (exact) mass is 353 g/mol. The normalized spacial score (nSPS) is 19.9. The van der Waals surface area contributed by atoms with Crippen molar-refractivity contribution < 1.29 is 14.0 Å². The van der Waals surface area contributed by atoms with E-state index in [0.717, 1.165) is 18.9 Å². The summed E-state index contributed by atoms with van der Waals surface area (Å²) in [5.41, 5.74) is 0.311. The van der Waals surface area contributed by atoms with Gasteiger partial charge >= 0.3 is 0 Å². The summed E-state index contributed by atoms with van der Waals surface area (Å²) in [5, 5.41) is 3.13. The summed E-state index contributed by atoms with van der Waals surface area (Å²) in [4.78, 5) is 28.4. The molecule has 1 aromatic carbocycles. The first kappa shape index (κ1) is 17.2. The molecule has 7 heteroatoms. The summed E-state index contributed by atoms with van der Waals surface area (Å²) in [6.45, 7) is 4.20. The molecule has 1 aromatic rings. The van der Waals surface area contributed by atoms with Crippen LogP contribution in [0.4, 0.5) is 4.39 Å². The number of nitrogens with one attached hydrogen (secondary N) is 1. The maximum Gasteiger partial charge on any atom is 0.255 e. The van der Waals surface area contributed by atoms with E-state index in [9.17, 15) is 14.0 Å². The van der Waals surface area contributed by atoms with Gasteiger partial charge in [-0.25, -0.2) is 4.39 Å². The molecular weight excluding hydrogens is 333 g/mol. The van der Waals surface area contributed by atoms with Gasteiger partial charge in [0.2, 0.25) is 5.91 Å². The fourth-order valence-corrected chi connectivity index (χ4v) is 3.11. The van der Waals surface area contributed by atoms with Crippen LogP contribution in [0.1, 0.15) is 30.1 Å². The van der Waals surface area contributed by atoms with Gasteiger partial charge in [-0.2, -0.15) is 0 Å². The topological polar surface area (TPSA) is 52.7 Å². The van der Waals surface area contributed by atoms with E-state index in [1.54, 1.807) is 4.90 Å². The maximum atomic E-state index is 13.1. The highest BCUT2D eigenvalue weighted by molar-refractivity contribution is 6.33. The number of carbonyl (C=O) groups is 2. The summed E-state index contributed by atoms with van der Waals surface area (Å²) in [6, 6.07) is 3.95. The zero-order chi connectivity index (χ0) is 17.3. The number of hydrogen-bond donors (Lipinski definition) is 1. The van der Waals surface area contributed by atoms with E-state index in [1.165, 1.54) is 12.1 Å². The Labute approximate surface area is 145 Å². The molecule has 3 rings (SSSR count). The molecule has 1 heterocycles. The lowest BCUT2D eigenvalue weighted by atomic mass is 10.1. The van der Waals surface area contributed by atoms with Crippen LogP contribution < -0.4 is 5.32 Å². The third-order valence-corrected chi connectivity index (χ3v) is 4.93. The number of carbonyl (C=O) groups excluding carboxylic acids is 2. The molecule has 2 aliphatic rings. The summed E-state index contributed by atoms with van der Waals surface area (Å²) >= 11 is 5.97. The molecule has 1 saturated carbocycles. The standard InChI is InChI=1S/C17H21ClFN3O2/c1-11(16(23)20-13-3-4-13)21-6-8-22(9-7-21)17(24)14-5-2-12(19)10-15(14)18/h2,5,10-11,13H,3-4,6-9H2,1H3,(H,20,23). The number of hydrogen-bond acceptors (Lipinski definition) is 3. The SMILES string of the molecule is CC(C(=O)NC1CC1)N1CCN(C(=O)c2ccc(F)cc2Cl)CC1. The minimum absolute atomic E-state index is 0.0545. The van der Waals surface area contributed by atoms with Gasteiger partial charge in [-0.1, -0.05) is 11.6 Å². The second kappa shape index (κ2) is 7.07. The molecule has 2 fully saturated rings. The van der Waals surface area contributed by atoms with Crippen LogP contribution in [0.15, 0.2) is 18.2 Å². The van der Waals surface area contributed by atoms with Gasteiger partial charge in [0.15, 0.2) is 0 Å². The number of piperazine rings is 1. The molecule has 1 aliphatic carbocycles. The van der Waals surface area contributed by atoms with Gasteiger partial charge in [0.25, 0.3) is 5.91 Å². The van der Waals surface area contributed by atoms with Crippen LogP contribution in [0.25, 0.3) is 0 Å². The van der Waals surface area contributed by atoms with Gasteiger partial charge < -0.3 is 10.2 Å². The first-order valence-corrected chi connectivity index (χ1v) is 8.62. The second-order valence-electron chi connectivity index (χ2n) is 6.41. The van der Waals surface area contributed by atoms with Crippen molar-refractivity contribution in [1.29, 1.82) is 0 Å². The second-order valence-corrected chi connectivity index (χ2v) is 6.82. The molecule has 5 nitrogen and oxygen atoms in total. The average molecular weight is 354 g/mol. The lowest BCUT2D eigenvalue weighted by molar-refractivity contribution is -0.126. The number of benzene rings is 1. The minimum atomic E-state index is -0.461.